The molecule has 3 aliphatic rings. The molecule has 2 atom stereocenters. The fourth-order valence-electron chi connectivity index (χ4n) is 7.74. The molecule has 2 aromatic rings. The zero-order valence-electron chi connectivity index (χ0n) is 29.7. The monoisotopic (exact) mass is 759 g/mol. The second kappa shape index (κ2) is 17.4. The van der Waals surface area contributed by atoms with Crippen molar-refractivity contribution in [2.24, 2.45) is 5.41 Å². The summed E-state index contributed by atoms with van der Waals surface area (Å²) in [6, 6.07) is 5.17. The van der Waals surface area contributed by atoms with Gasteiger partial charge in [0.05, 0.1) is 42.7 Å². The van der Waals surface area contributed by atoms with E-state index in [-0.39, 0.29) is 50.9 Å². The van der Waals surface area contributed by atoms with Gasteiger partial charge < -0.3 is 25.0 Å². The lowest BCUT2D eigenvalue weighted by molar-refractivity contribution is -0.137. The minimum absolute atomic E-state index is 0.0530. The molecule has 14 heteroatoms. The van der Waals surface area contributed by atoms with Gasteiger partial charge in [0.1, 0.15) is 0 Å². The first-order valence-electron chi connectivity index (χ1n) is 17.6. The number of amides is 2. The average molecular weight is 761 g/mol. The molecule has 0 spiro atoms. The van der Waals surface area contributed by atoms with Gasteiger partial charge in [-0.05, 0) is 56.2 Å². The Morgan fingerprint density at radius 3 is 2.18 bits per heavy atom. The predicted molar refractivity (Wildman–Crippen MR) is 197 cm³/mol. The van der Waals surface area contributed by atoms with Crippen molar-refractivity contribution < 1.29 is 28.7 Å². The highest BCUT2D eigenvalue weighted by Crippen LogP contribution is 2.46. The van der Waals surface area contributed by atoms with E-state index in [1.165, 1.54) is 25.6 Å². The molecule has 2 fully saturated rings. The molecule has 0 bridgehead atoms. The minimum Gasteiger partial charge on any atom is -0.466 e. The maximum atomic E-state index is 14.0. The molecule has 2 saturated heterocycles. The average Bonchev–Trinajstić information content (AvgIpc) is 3.83. The van der Waals surface area contributed by atoms with Crippen molar-refractivity contribution in [2.75, 3.05) is 46.9 Å². The summed E-state index contributed by atoms with van der Waals surface area (Å²) in [5.74, 6) is -2.45. The number of ether oxygens (including phenoxy) is 2. The van der Waals surface area contributed by atoms with Crippen molar-refractivity contribution >= 4 is 58.3 Å². The summed E-state index contributed by atoms with van der Waals surface area (Å²) >= 11 is 15.0. The summed E-state index contributed by atoms with van der Waals surface area (Å²) in [6.07, 6.45) is 6.88. The first-order chi connectivity index (χ1) is 24.5. The lowest BCUT2D eigenvalue weighted by Crippen LogP contribution is -2.51. The summed E-state index contributed by atoms with van der Waals surface area (Å²) in [7, 11) is 2.53. The van der Waals surface area contributed by atoms with Crippen LogP contribution in [0.25, 0.3) is 0 Å². The van der Waals surface area contributed by atoms with Gasteiger partial charge in [-0.2, -0.15) is 0 Å². The number of halogens is 2. The number of aryl methyl sites for hydroxylation is 1. The zero-order chi connectivity index (χ0) is 36.7. The van der Waals surface area contributed by atoms with E-state index < -0.39 is 17.9 Å². The van der Waals surface area contributed by atoms with Crippen molar-refractivity contribution in [1.82, 2.24) is 25.4 Å². The van der Waals surface area contributed by atoms with Crippen LogP contribution in [0.5, 0.6) is 0 Å². The Morgan fingerprint density at radius 2 is 1.63 bits per heavy atom. The number of aromatic nitrogens is 1. The highest BCUT2D eigenvalue weighted by molar-refractivity contribution is 7.09. The largest absolute Gasteiger partial charge is 0.466 e. The van der Waals surface area contributed by atoms with Gasteiger partial charge in [-0.3, -0.25) is 14.5 Å². The van der Waals surface area contributed by atoms with E-state index in [1.807, 2.05) is 10.3 Å². The third-order valence-electron chi connectivity index (χ3n) is 10.8. The number of allylic oxidation sites excluding steroid dienone is 1. The molecule has 1 aromatic carbocycles. The summed E-state index contributed by atoms with van der Waals surface area (Å²) in [4.78, 5) is 61.8. The van der Waals surface area contributed by atoms with Crippen LogP contribution in [0, 0.1) is 5.41 Å². The third kappa shape index (κ3) is 8.62. The van der Waals surface area contributed by atoms with E-state index in [1.54, 1.807) is 24.4 Å². The molecular weight excluding hydrogens is 713 g/mol. The topological polar surface area (TPSA) is 130 Å². The van der Waals surface area contributed by atoms with E-state index >= 15 is 0 Å². The van der Waals surface area contributed by atoms with Gasteiger partial charge in [-0.1, -0.05) is 43.1 Å². The van der Waals surface area contributed by atoms with E-state index in [0.717, 1.165) is 37.2 Å². The van der Waals surface area contributed by atoms with Crippen LogP contribution in [0.4, 0.5) is 0 Å². The summed E-state index contributed by atoms with van der Waals surface area (Å²) in [5.41, 5.74) is 1.46. The number of thiazole rings is 1. The molecule has 11 nitrogen and oxygen atoms in total. The molecule has 3 aliphatic heterocycles. The normalized spacial score (nSPS) is 20.0. The Morgan fingerprint density at radius 1 is 0.980 bits per heavy atom. The molecule has 2 N–H and O–H groups in total. The smallest absolute Gasteiger partial charge is 0.336 e. The molecular formula is C37H47Cl2N5O6S. The van der Waals surface area contributed by atoms with Gasteiger partial charge in [0.2, 0.25) is 11.8 Å². The van der Waals surface area contributed by atoms with E-state index in [0.29, 0.717) is 62.4 Å². The molecule has 0 radical (unpaired) electrons. The summed E-state index contributed by atoms with van der Waals surface area (Å²) in [6.45, 7) is 7.80. The standard InChI is InChI=1S/C37H47Cl2N5O6S/c1-5-37(6-2,27-11-12-28(45)42-27)14-16-43-17-19-44(20-18-43)30(46)22-26-33(36(48)50-4)34(31-23(38)8-7-9-24(31)39)32(35(47)49-3)25(41-26)10-13-29-40-15-21-51-29/h7-9,15,21,27,34,41H,5-6,10-14,16-20,22H2,1-4H3,(H,42,45). The lowest BCUT2D eigenvalue weighted by Gasteiger charge is -2.41. The number of hydrogen-bond donors (Lipinski definition) is 2. The Bertz CT molecular complexity index is 1650. The summed E-state index contributed by atoms with van der Waals surface area (Å²) in [5, 5.41) is 9.76. The van der Waals surface area contributed by atoms with E-state index in [9.17, 15) is 19.2 Å². The Hall–Kier alpha value is -3.45. The van der Waals surface area contributed by atoms with Gasteiger partial charge in [-0.25, -0.2) is 14.6 Å². The van der Waals surface area contributed by atoms with Gasteiger partial charge in [0.15, 0.2) is 0 Å². The quantitative estimate of drug-likeness (QED) is 0.236. The number of methoxy groups -OCH3 is 2. The SMILES string of the molecule is CCC(CC)(CCN1CCN(C(=O)CC2=C(C(=O)OC)C(c3c(Cl)cccc3Cl)C(C(=O)OC)=C(CCc3nccs3)N2)CC1)C1CCC(=O)N1. The van der Waals surface area contributed by atoms with Crippen LogP contribution >= 0.6 is 34.5 Å². The maximum Gasteiger partial charge on any atom is 0.336 e. The van der Waals surface area contributed by atoms with Crippen molar-refractivity contribution in [2.45, 2.75) is 77.2 Å². The van der Waals surface area contributed by atoms with Crippen LogP contribution in [-0.4, -0.2) is 91.5 Å². The van der Waals surface area contributed by atoms with Crippen molar-refractivity contribution in [1.29, 1.82) is 0 Å². The number of esters is 2. The second-order valence-electron chi connectivity index (χ2n) is 13.3. The second-order valence-corrected chi connectivity index (χ2v) is 15.1. The number of dihydropyridines is 1. The molecule has 51 heavy (non-hydrogen) atoms. The number of hydrogen-bond acceptors (Lipinski definition) is 10. The number of carbonyl (C=O) groups excluding carboxylic acids is 4. The maximum absolute atomic E-state index is 14.0. The Labute approximate surface area is 313 Å². The van der Waals surface area contributed by atoms with E-state index in [2.05, 4.69) is 34.4 Å². The fraction of sp³-hybridized carbons (Fsp3) is 0.541. The third-order valence-corrected chi connectivity index (χ3v) is 12.3. The predicted octanol–water partition coefficient (Wildman–Crippen LogP) is 5.63. The van der Waals surface area contributed by atoms with Gasteiger partial charge in [-0.15, -0.1) is 11.3 Å². The van der Waals surface area contributed by atoms with Crippen LogP contribution in [0.2, 0.25) is 10.0 Å². The van der Waals surface area contributed by atoms with Gasteiger partial charge >= 0.3 is 11.9 Å². The molecule has 4 heterocycles. The number of nitrogens with one attached hydrogen (secondary N) is 2. The molecule has 5 rings (SSSR count). The molecule has 2 amide bonds. The first kappa shape index (κ1) is 38.8. The molecule has 0 aliphatic carbocycles. The number of piperazine rings is 1. The van der Waals surface area contributed by atoms with Crippen LogP contribution in [0.3, 0.4) is 0 Å². The molecule has 0 saturated carbocycles. The highest BCUT2D eigenvalue weighted by Gasteiger charge is 2.43. The van der Waals surface area contributed by atoms with Crippen molar-refractivity contribution in [3.8, 4) is 0 Å². The van der Waals surface area contributed by atoms with Gasteiger partial charge in [0, 0.05) is 83.6 Å². The first-order valence-corrected chi connectivity index (χ1v) is 19.2. The molecule has 1 aromatic heterocycles. The number of carbonyl (C=O) groups is 4. The zero-order valence-corrected chi connectivity index (χ0v) is 32.0. The Balaban J connectivity index is 1.39. The number of benzene rings is 1. The van der Waals surface area contributed by atoms with Crippen molar-refractivity contribution in [3.63, 3.8) is 0 Å². The highest BCUT2D eigenvalue weighted by atomic mass is 35.5. The van der Waals surface area contributed by atoms with Crippen LogP contribution in [0.15, 0.2) is 52.3 Å². The number of nitrogens with zero attached hydrogens (tertiary/aromatic N) is 3. The fourth-order valence-corrected chi connectivity index (χ4v) is 8.98. The summed E-state index contributed by atoms with van der Waals surface area (Å²) < 4.78 is 10.5. The lowest BCUT2D eigenvalue weighted by atomic mass is 9.72. The van der Waals surface area contributed by atoms with E-state index in [4.69, 9.17) is 32.7 Å². The molecule has 276 valence electrons. The van der Waals surface area contributed by atoms with Gasteiger partial charge in [0.25, 0.3) is 0 Å². The van der Waals surface area contributed by atoms with Crippen LogP contribution < -0.4 is 10.6 Å². The van der Waals surface area contributed by atoms with Crippen LogP contribution in [0.1, 0.15) is 75.3 Å². The van der Waals surface area contributed by atoms with Crippen LogP contribution in [-0.2, 0) is 35.1 Å². The van der Waals surface area contributed by atoms with Crippen molar-refractivity contribution in [3.05, 3.63) is 72.9 Å². The number of rotatable bonds is 14. The molecule has 2 unspecified atom stereocenters. The Kier molecular flexibility index (Phi) is 13.2. The minimum atomic E-state index is -1.06.